The largest absolute Gasteiger partial charge is 0.314 e. The number of nitrogens with zero attached hydrogens (tertiary/aromatic N) is 4. The highest BCUT2D eigenvalue weighted by Gasteiger charge is 2.25. The lowest BCUT2D eigenvalue weighted by molar-refractivity contribution is 0.139. The lowest BCUT2D eigenvalue weighted by Gasteiger charge is -2.36. The van der Waals surface area contributed by atoms with Crippen molar-refractivity contribution in [3.8, 4) is 0 Å². The number of hydrogen-bond acceptors (Lipinski definition) is 4. The SMILES string of the molecule is CCCNC(C)C1CCCN(Cc2ncnn2C(C)C)C1. The summed E-state index contributed by atoms with van der Waals surface area (Å²) < 4.78 is 2.04. The van der Waals surface area contributed by atoms with E-state index in [-0.39, 0.29) is 0 Å². The molecular weight excluding hydrogens is 262 g/mol. The standard InChI is InChI=1S/C16H31N5/c1-5-8-17-14(4)15-7-6-9-20(10-15)11-16-18-12-19-21(16)13(2)3/h12-15,17H,5-11H2,1-4H3. The Hall–Kier alpha value is -0.940. The molecule has 0 radical (unpaired) electrons. The average molecular weight is 293 g/mol. The predicted molar refractivity (Wildman–Crippen MR) is 86.2 cm³/mol. The predicted octanol–water partition coefficient (Wildman–Crippen LogP) is 2.46. The Morgan fingerprint density at radius 1 is 1.38 bits per heavy atom. The Kier molecular flexibility index (Phi) is 6.18. The van der Waals surface area contributed by atoms with Crippen LogP contribution in [0.15, 0.2) is 6.33 Å². The molecule has 0 aromatic carbocycles. The smallest absolute Gasteiger partial charge is 0.141 e. The molecule has 5 nitrogen and oxygen atoms in total. The van der Waals surface area contributed by atoms with Gasteiger partial charge in [-0.15, -0.1) is 0 Å². The van der Waals surface area contributed by atoms with Gasteiger partial charge in [-0.3, -0.25) is 4.90 Å². The van der Waals surface area contributed by atoms with Crippen molar-refractivity contribution in [2.45, 2.75) is 65.6 Å². The molecule has 1 aliphatic heterocycles. The lowest BCUT2D eigenvalue weighted by Crippen LogP contribution is -2.44. The normalized spacial score (nSPS) is 21.9. The highest BCUT2D eigenvalue weighted by Crippen LogP contribution is 2.21. The van der Waals surface area contributed by atoms with Crippen molar-refractivity contribution in [3.05, 3.63) is 12.2 Å². The van der Waals surface area contributed by atoms with Crippen LogP contribution in [0.3, 0.4) is 0 Å². The van der Waals surface area contributed by atoms with E-state index in [1.807, 2.05) is 4.68 Å². The zero-order valence-corrected chi connectivity index (χ0v) is 14.0. The fraction of sp³-hybridized carbons (Fsp3) is 0.875. The molecule has 0 amide bonds. The van der Waals surface area contributed by atoms with Crippen molar-refractivity contribution >= 4 is 0 Å². The molecule has 0 saturated carbocycles. The van der Waals surface area contributed by atoms with Gasteiger partial charge in [0.15, 0.2) is 0 Å². The topological polar surface area (TPSA) is 46.0 Å². The molecule has 1 aliphatic rings. The number of piperidine rings is 1. The van der Waals surface area contributed by atoms with Gasteiger partial charge in [0.25, 0.3) is 0 Å². The zero-order chi connectivity index (χ0) is 15.2. The minimum absolute atomic E-state index is 0.383. The van der Waals surface area contributed by atoms with E-state index in [1.165, 1.54) is 32.4 Å². The molecule has 0 spiro atoms. The minimum atomic E-state index is 0.383. The van der Waals surface area contributed by atoms with Crippen molar-refractivity contribution in [1.29, 1.82) is 0 Å². The quantitative estimate of drug-likeness (QED) is 0.839. The third kappa shape index (κ3) is 4.51. The van der Waals surface area contributed by atoms with E-state index in [0.717, 1.165) is 24.8 Å². The molecule has 1 fully saturated rings. The monoisotopic (exact) mass is 293 g/mol. The van der Waals surface area contributed by atoms with Crippen LogP contribution >= 0.6 is 0 Å². The number of hydrogen-bond donors (Lipinski definition) is 1. The maximum absolute atomic E-state index is 4.45. The first-order valence-corrected chi connectivity index (χ1v) is 8.46. The molecule has 21 heavy (non-hydrogen) atoms. The first-order valence-electron chi connectivity index (χ1n) is 8.46. The number of nitrogens with one attached hydrogen (secondary N) is 1. The van der Waals surface area contributed by atoms with E-state index in [2.05, 4.69) is 48.0 Å². The van der Waals surface area contributed by atoms with Crippen molar-refractivity contribution in [1.82, 2.24) is 25.0 Å². The summed E-state index contributed by atoms with van der Waals surface area (Å²) in [5, 5.41) is 7.99. The first-order chi connectivity index (χ1) is 10.1. The number of aromatic nitrogens is 3. The first kappa shape index (κ1) is 16.4. The Morgan fingerprint density at radius 3 is 2.90 bits per heavy atom. The van der Waals surface area contributed by atoms with Gasteiger partial charge in [0, 0.05) is 18.6 Å². The Balaban J connectivity index is 1.90. The number of rotatable bonds is 7. The van der Waals surface area contributed by atoms with E-state index in [4.69, 9.17) is 0 Å². The fourth-order valence-electron chi connectivity index (χ4n) is 3.20. The summed E-state index contributed by atoms with van der Waals surface area (Å²) >= 11 is 0. The van der Waals surface area contributed by atoms with Crippen LogP contribution < -0.4 is 5.32 Å². The summed E-state index contributed by atoms with van der Waals surface area (Å²) in [6.45, 7) is 13.3. The van der Waals surface area contributed by atoms with Gasteiger partial charge in [-0.25, -0.2) is 9.67 Å². The second kappa shape index (κ2) is 7.90. The van der Waals surface area contributed by atoms with Crippen LogP contribution in [0.2, 0.25) is 0 Å². The Labute approximate surface area is 129 Å². The Morgan fingerprint density at radius 2 is 2.19 bits per heavy atom. The van der Waals surface area contributed by atoms with E-state index < -0.39 is 0 Å². The molecule has 120 valence electrons. The number of likely N-dealkylation sites (tertiary alicyclic amines) is 1. The van der Waals surface area contributed by atoms with E-state index in [9.17, 15) is 0 Å². The third-order valence-electron chi connectivity index (χ3n) is 4.47. The minimum Gasteiger partial charge on any atom is -0.314 e. The lowest BCUT2D eigenvalue weighted by atomic mass is 9.91. The molecule has 1 aromatic rings. The summed E-state index contributed by atoms with van der Waals surface area (Å²) in [4.78, 5) is 6.99. The second-order valence-corrected chi connectivity index (χ2v) is 6.59. The molecule has 0 bridgehead atoms. The molecule has 0 aliphatic carbocycles. The van der Waals surface area contributed by atoms with Crippen LogP contribution in [0.5, 0.6) is 0 Å². The van der Waals surface area contributed by atoms with Crippen LogP contribution in [-0.4, -0.2) is 45.3 Å². The molecule has 1 N–H and O–H groups in total. The second-order valence-electron chi connectivity index (χ2n) is 6.59. The van der Waals surface area contributed by atoms with Gasteiger partial charge >= 0.3 is 0 Å². The molecule has 2 unspecified atom stereocenters. The van der Waals surface area contributed by atoms with Crippen molar-refractivity contribution < 1.29 is 0 Å². The highest BCUT2D eigenvalue weighted by molar-refractivity contribution is 4.89. The van der Waals surface area contributed by atoms with Gasteiger partial charge in [-0.05, 0) is 59.0 Å². The van der Waals surface area contributed by atoms with Crippen molar-refractivity contribution in [2.75, 3.05) is 19.6 Å². The Bertz CT molecular complexity index is 415. The molecule has 1 saturated heterocycles. The van der Waals surface area contributed by atoms with Crippen molar-refractivity contribution in [3.63, 3.8) is 0 Å². The van der Waals surface area contributed by atoms with Crippen LogP contribution in [0, 0.1) is 5.92 Å². The van der Waals surface area contributed by atoms with Crippen LogP contribution in [-0.2, 0) is 6.54 Å². The van der Waals surface area contributed by atoms with E-state index in [1.54, 1.807) is 6.33 Å². The van der Waals surface area contributed by atoms with Gasteiger partial charge in [-0.2, -0.15) is 5.10 Å². The molecule has 2 heterocycles. The molecule has 2 atom stereocenters. The van der Waals surface area contributed by atoms with Gasteiger partial charge in [-0.1, -0.05) is 6.92 Å². The third-order valence-corrected chi connectivity index (χ3v) is 4.47. The summed E-state index contributed by atoms with van der Waals surface area (Å²) in [5.74, 6) is 1.85. The average Bonchev–Trinajstić information content (AvgIpc) is 2.93. The summed E-state index contributed by atoms with van der Waals surface area (Å²) in [6, 6.07) is 0.990. The summed E-state index contributed by atoms with van der Waals surface area (Å²) in [7, 11) is 0. The molecule has 5 heteroatoms. The van der Waals surface area contributed by atoms with E-state index >= 15 is 0 Å². The van der Waals surface area contributed by atoms with Crippen LogP contribution in [0.4, 0.5) is 0 Å². The van der Waals surface area contributed by atoms with Crippen LogP contribution in [0.1, 0.15) is 58.8 Å². The molecular formula is C16H31N5. The van der Waals surface area contributed by atoms with Gasteiger partial charge in [0.05, 0.1) is 6.54 Å². The van der Waals surface area contributed by atoms with Gasteiger partial charge in [0.2, 0.25) is 0 Å². The fourth-order valence-corrected chi connectivity index (χ4v) is 3.20. The zero-order valence-electron chi connectivity index (χ0n) is 14.0. The van der Waals surface area contributed by atoms with E-state index in [0.29, 0.717) is 12.1 Å². The molecule has 1 aromatic heterocycles. The molecule has 2 rings (SSSR count). The maximum atomic E-state index is 4.45. The summed E-state index contributed by atoms with van der Waals surface area (Å²) in [5.41, 5.74) is 0. The maximum Gasteiger partial charge on any atom is 0.141 e. The summed E-state index contributed by atoms with van der Waals surface area (Å²) in [6.07, 6.45) is 5.52. The van der Waals surface area contributed by atoms with Crippen LogP contribution in [0.25, 0.3) is 0 Å². The van der Waals surface area contributed by atoms with Gasteiger partial charge < -0.3 is 5.32 Å². The van der Waals surface area contributed by atoms with Crippen molar-refractivity contribution in [2.24, 2.45) is 5.92 Å². The highest BCUT2D eigenvalue weighted by atomic mass is 15.4. The van der Waals surface area contributed by atoms with Gasteiger partial charge in [0.1, 0.15) is 12.2 Å².